The zero-order valence-electron chi connectivity index (χ0n) is 14.6. The fourth-order valence-corrected chi connectivity index (χ4v) is 1.91. The molecule has 0 heterocycles. The first-order valence-electron chi connectivity index (χ1n) is 7.71. The largest absolute Gasteiger partial charge is 0.444 e. The van der Waals surface area contributed by atoms with Gasteiger partial charge in [0.25, 0.3) is 0 Å². The van der Waals surface area contributed by atoms with Crippen molar-refractivity contribution in [2.45, 2.75) is 33.3 Å². The van der Waals surface area contributed by atoms with Gasteiger partial charge in [-0.1, -0.05) is 25.1 Å². The van der Waals surface area contributed by atoms with Gasteiger partial charge in [0.1, 0.15) is 5.60 Å². The summed E-state index contributed by atoms with van der Waals surface area (Å²) in [5, 5.41) is 5.54. The van der Waals surface area contributed by atoms with E-state index in [1.165, 1.54) is 4.90 Å². The van der Waals surface area contributed by atoms with Gasteiger partial charge in [-0.15, -0.1) is 0 Å². The lowest BCUT2D eigenvalue weighted by Gasteiger charge is -2.26. The van der Waals surface area contributed by atoms with Crippen molar-refractivity contribution in [2.24, 2.45) is 5.92 Å². The molecule has 0 aromatic heterocycles. The fourth-order valence-electron chi connectivity index (χ4n) is 1.91. The van der Waals surface area contributed by atoms with Crippen molar-refractivity contribution in [3.63, 3.8) is 0 Å². The third-order valence-corrected chi connectivity index (χ3v) is 2.93. The van der Waals surface area contributed by atoms with Crippen LogP contribution in [0.1, 0.15) is 27.7 Å². The SMILES string of the molecule is CC(CNC(=O)Nc1ccccc1)CN(C)C(=O)OC(C)(C)C. The highest BCUT2D eigenvalue weighted by Crippen LogP contribution is 2.10. The average molecular weight is 321 g/mol. The van der Waals surface area contributed by atoms with Crippen LogP contribution in [0.2, 0.25) is 0 Å². The van der Waals surface area contributed by atoms with E-state index in [0.29, 0.717) is 13.1 Å². The molecule has 0 spiro atoms. The minimum atomic E-state index is -0.512. The van der Waals surface area contributed by atoms with Gasteiger partial charge in [0.05, 0.1) is 0 Å². The van der Waals surface area contributed by atoms with Crippen LogP contribution in [0.15, 0.2) is 30.3 Å². The van der Waals surface area contributed by atoms with Crippen LogP contribution in [-0.4, -0.2) is 42.8 Å². The monoisotopic (exact) mass is 321 g/mol. The molecule has 0 radical (unpaired) electrons. The normalized spacial score (nSPS) is 12.2. The summed E-state index contributed by atoms with van der Waals surface area (Å²) in [5.74, 6) is 0.106. The zero-order valence-corrected chi connectivity index (χ0v) is 14.6. The van der Waals surface area contributed by atoms with Crippen LogP contribution in [0, 0.1) is 5.92 Å². The molecule has 1 aromatic carbocycles. The molecule has 0 saturated heterocycles. The number of hydrogen-bond donors (Lipinski definition) is 2. The summed E-state index contributed by atoms with van der Waals surface area (Å²) in [5.41, 5.74) is 0.228. The maximum Gasteiger partial charge on any atom is 0.410 e. The molecule has 128 valence electrons. The number of carbonyl (C=O) groups is 2. The molecule has 1 aromatic rings. The molecule has 1 rings (SSSR count). The molecule has 6 heteroatoms. The summed E-state index contributed by atoms with van der Waals surface area (Å²) in [7, 11) is 1.69. The van der Waals surface area contributed by atoms with Crippen molar-refractivity contribution >= 4 is 17.8 Å². The third kappa shape index (κ3) is 8.09. The van der Waals surface area contributed by atoms with E-state index in [-0.39, 0.29) is 18.0 Å². The molecule has 6 nitrogen and oxygen atoms in total. The first kappa shape index (κ1) is 18.8. The molecule has 2 N–H and O–H groups in total. The number of benzene rings is 1. The van der Waals surface area contributed by atoms with Crippen molar-refractivity contribution in [1.82, 2.24) is 10.2 Å². The van der Waals surface area contributed by atoms with Crippen LogP contribution in [-0.2, 0) is 4.74 Å². The molecule has 3 amide bonds. The highest BCUT2D eigenvalue weighted by atomic mass is 16.6. The third-order valence-electron chi connectivity index (χ3n) is 2.93. The Hall–Kier alpha value is -2.24. The highest BCUT2D eigenvalue weighted by Gasteiger charge is 2.20. The molecule has 0 saturated carbocycles. The maximum absolute atomic E-state index is 11.9. The fraction of sp³-hybridized carbons (Fsp3) is 0.529. The van der Waals surface area contributed by atoms with Gasteiger partial charge in [-0.05, 0) is 38.8 Å². The maximum atomic E-state index is 11.9. The smallest absolute Gasteiger partial charge is 0.410 e. The van der Waals surface area contributed by atoms with Crippen LogP contribution in [0.25, 0.3) is 0 Å². The van der Waals surface area contributed by atoms with E-state index in [0.717, 1.165) is 5.69 Å². The van der Waals surface area contributed by atoms with Gasteiger partial charge in [0, 0.05) is 25.8 Å². The number of amides is 3. The molecule has 0 aliphatic rings. The Bertz CT molecular complexity index is 512. The highest BCUT2D eigenvalue weighted by molar-refractivity contribution is 5.89. The quantitative estimate of drug-likeness (QED) is 0.874. The van der Waals surface area contributed by atoms with E-state index in [9.17, 15) is 9.59 Å². The number of rotatable bonds is 5. The van der Waals surface area contributed by atoms with Gasteiger partial charge in [0.15, 0.2) is 0 Å². The second-order valence-corrected chi connectivity index (χ2v) is 6.67. The predicted molar refractivity (Wildman–Crippen MR) is 91.5 cm³/mol. The molecule has 0 bridgehead atoms. The van der Waals surface area contributed by atoms with Crippen molar-refractivity contribution < 1.29 is 14.3 Å². The Morgan fingerprint density at radius 1 is 1.22 bits per heavy atom. The van der Waals surface area contributed by atoms with Crippen LogP contribution < -0.4 is 10.6 Å². The first-order chi connectivity index (χ1) is 10.7. The summed E-state index contributed by atoms with van der Waals surface area (Å²) >= 11 is 0. The van der Waals surface area contributed by atoms with Gasteiger partial charge in [-0.2, -0.15) is 0 Å². The van der Waals surface area contributed by atoms with Crippen LogP contribution in [0.5, 0.6) is 0 Å². The minimum Gasteiger partial charge on any atom is -0.444 e. The van der Waals surface area contributed by atoms with Gasteiger partial charge < -0.3 is 20.3 Å². The van der Waals surface area contributed by atoms with E-state index in [1.807, 2.05) is 58.0 Å². The molecule has 23 heavy (non-hydrogen) atoms. The number of ether oxygens (including phenoxy) is 1. The van der Waals surface area contributed by atoms with Crippen molar-refractivity contribution in [3.8, 4) is 0 Å². The number of para-hydroxylation sites is 1. The Labute approximate surface area is 138 Å². The summed E-state index contributed by atoms with van der Waals surface area (Å²) in [6.07, 6.45) is -0.363. The summed E-state index contributed by atoms with van der Waals surface area (Å²) in [4.78, 5) is 25.2. The number of urea groups is 1. The zero-order chi connectivity index (χ0) is 17.5. The van der Waals surface area contributed by atoms with Crippen LogP contribution >= 0.6 is 0 Å². The number of anilines is 1. The van der Waals surface area contributed by atoms with Crippen molar-refractivity contribution in [2.75, 3.05) is 25.5 Å². The Morgan fingerprint density at radius 3 is 2.39 bits per heavy atom. The van der Waals surface area contributed by atoms with Gasteiger partial charge in [0.2, 0.25) is 0 Å². The van der Waals surface area contributed by atoms with Gasteiger partial charge in [-0.3, -0.25) is 0 Å². The van der Waals surface area contributed by atoms with E-state index in [4.69, 9.17) is 4.74 Å². The second kappa shape index (κ2) is 8.41. The standard InChI is InChI=1S/C17H27N3O3/c1-13(12-20(5)16(22)23-17(2,3)4)11-18-15(21)19-14-9-7-6-8-10-14/h6-10,13H,11-12H2,1-5H3,(H2,18,19,21). The molecule has 1 atom stereocenters. The molecule has 0 aliphatic heterocycles. The first-order valence-corrected chi connectivity index (χ1v) is 7.71. The van der Waals surface area contributed by atoms with Crippen LogP contribution in [0.4, 0.5) is 15.3 Å². The number of carbonyl (C=O) groups excluding carboxylic acids is 2. The average Bonchev–Trinajstić information content (AvgIpc) is 2.44. The van der Waals surface area contributed by atoms with Gasteiger partial charge >= 0.3 is 12.1 Å². The van der Waals surface area contributed by atoms with Crippen molar-refractivity contribution in [1.29, 1.82) is 0 Å². The van der Waals surface area contributed by atoms with E-state index >= 15 is 0 Å². The van der Waals surface area contributed by atoms with Crippen molar-refractivity contribution in [3.05, 3.63) is 30.3 Å². The topological polar surface area (TPSA) is 70.7 Å². The lowest BCUT2D eigenvalue weighted by molar-refractivity contribution is 0.0278. The number of hydrogen-bond acceptors (Lipinski definition) is 3. The Kier molecular flexibility index (Phi) is 6.88. The lowest BCUT2D eigenvalue weighted by atomic mass is 10.1. The lowest BCUT2D eigenvalue weighted by Crippen LogP contribution is -2.40. The summed E-state index contributed by atoms with van der Waals surface area (Å²) in [6.45, 7) is 8.42. The number of nitrogens with one attached hydrogen (secondary N) is 2. The van der Waals surface area contributed by atoms with E-state index in [1.54, 1.807) is 7.05 Å². The summed E-state index contributed by atoms with van der Waals surface area (Å²) in [6, 6.07) is 8.97. The predicted octanol–water partition coefficient (Wildman–Crippen LogP) is 3.31. The molecular formula is C17H27N3O3. The molecule has 0 aliphatic carbocycles. The second-order valence-electron chi connectivity index (χ2n) is 6.67. The molecular weight excluding hydrogens is 294 g/mol. The molecule has 1 unspecified atom stereocenters. The van der Waals surface area contributed by atoms with E-state index in [2.05, 4.69) is 10.6 Å². The Balaban J connectivity index is 2.32. The van der Waals surface area contributed by atoms with Gasteiger partial charge in [-0.25, -0.2) is 9.59 Å². The molecule has 0 fully saturated rings. The summed E-state index contributed by atoms with van der Waals surface area (Å²) < 4.78 is 5.29. The minimum absolute atomic E-state index is 0.106. The Morgan fingerprint density at radius 2 is 1.83 bits per heavy atom. The van der Waals surface area contributed by atoms with Crippen LogP contribution in [0.3, 0.4) is 0 Å². The van der Waals surface area contributed by atoms with E-state index < -0.39 is 5.60 Å². The number of nitrogens with zero attached hydrogens (tertiary/aromatic N) is 1.